The molecule has 1 rings (SSSR count). The van der Waals surface area contributed by atoms with E-state index in [2.05, 4.69) is 14.2 Å². The molecule has 0 unspecified atom stereocenters. The topological polar surface area (TPSA) is 116 Å². The van der Waals surface area contributed by atoms with E-state index in [0.717, 1.165) is 12.8 Å². The van der Waals surface area contributed by atoms with E-state index >= 15 is 0 Å². The van der Waals surface area contributed by atoms with Crippen LogP contribution in [0.2, 0.25) is 0 Å². The monoisotopic (exact) mass is 272 g/mol. The van der Waals surface area contributed by atoms with Crippen LogP contribution in [-0.4, -0.2) is 43.0 Å². The molecular formula is C6H16N4O4S2. The van der Waals surface area contributed by atoms with Crippen LogP contribution < -0.4 is 18.9 Å². The first-order valence-corrected chi connectivity index (χ1v) is 7.76. The smallest absolute Gasteiger partial charge is 0.205 e. The van der Waals surface area contributed by atoms with Crippen molar-refractivity contribution in [2.75, 3.05) is 20.1 Å². The van der Waals surface area contributed by atoms with Crippen LogP contribution in [-0.2, 0) is 20.4 Å². The van der Waals surface area contributed by atoms with Crippen molar-refractivity contribution in [1.29, 1.82) is 0 Å². The van der Waals surface area contributed by atoms with Crippen molar-refractivity contribution in [3.8, 4) is 0 Å². The lowest BCUT2D eigenvalue weighted by Crippen LogP contribution is -2.43. The predicted octanol–water partition coefficient (Wildman–Crippen LogP) is -2.37. The number of rotatable bonds is 8. The van der Waals surface area contributed by atoms with Crippen molar-refractivity contribution in [3.05, 3.63) is 0 Å². The average molecular weight is 272 g/mol. The van der Waals surface area contributed by atoms with Gasteiger partial charge in [0.05, 0.1) is 0 Å². The van der Waals surface area contributed by atoms with Crippen LogP contribution in [0.15, 0.2) is 0 Å². The first-order valence-electron chi connectivity index (χ1n) is 4.80. The Labute approximate surface area is 95.5 Å². The minimum atomic E-state index is -3.50. The number of hydrogen-bond donors (Lipinski definition) is 4. The molecule has 0 aromatic rings. The summed E-state index contributed by atoms with van der Waals surface area (Å²) < 4.78 is 53.2. The Morgan fingerprint density at radius 3 is 1.94 bits per heavy atom. The molecule has 10 heteroatoms. The summed E-state index contributed by atoms with van der Waals surface area (Å²) in [6, 6.07) is 0.0338. The summed E-state index contributed by atoms with van der Waals surface area (Å²) in [4.78, 5) is 0. The van der Waals surface area contributed by atoms with Gasteiger partial charge in [-0.05, 0) is 12.8 Å². The predicted molar refractivity (Wildman–Crippen MR) is 59.1 cm³/mol. The lowest BCUT2D eigenvalue weighted by molar-refractivity contribution is 0.557. The second-order valence-corrected chi connectivity index (χ2v) is 6.63. The molecule has 96 valence electrons. The summed E-state index contributed by atoms with van der Waals surface area (Å²) in [6.45, 7) is -0.00227. The molecule has 0 spiro atoms. The quantitative estimate of drug-likeness (QED) is 0.369. The molecule has 1 fully saturated rings. The van der Waals surface area contributed by atoms with E-state index < -0.39 is 20.4 Å². The van der Waals surface area contributed by atoms with E-state index in [1.54, 1.807) is 0 Å². The first-order chi connectivity index (χ1) is 7.35. The fourth-order valence-electron chi connectivity index (χ4n) is 0.905. The lowest BCUT2D eigenvalue weighted by Gasteiger charge is -2.08. The largest absolute Gasteiger partial charge is 0.277 e. The molecular weight excluding hydrogens is 256 g/mol. The summed E-state index contributed by atoms with van der Waals surface area (Å²) in [5, 5.41) is 0. The van der Waals surface area contributed by atoms with Gasteiger partial charge >= 0.3 is 0 Å². The van der Waals surface area contributed by atoms with Gasteiger partial charge < -0.3 is 0 Å². The summed E-state index contributed by atoms with van der Waals surface area (Å²) >= 11 is 0. The maximum absolute atomic E-state index is 11.3. The van der Waals surface area contributed by atoms with E-state index in [-0.39, 0.29) is 19.1 Å². The van der Waals surface area contributed by atoms with Gasteiger partial charge in [-0.3, -0.25) is 0 Å². The second-order valence-electron chi connectivity index (χ2n) is 3.39. The standard InChI is InChI=1S/C6H16N4O4S2/c1-7-15(11,12)8-4-5-9-16(13,14)10-6-2-3-6/h6-10H,2-5H2,1H3. The lowest BCUT2D eigenvalue weighted by atomic mass is 10.7. The van der Waals surface area contributed by atoms with E-state index in [0.29, 0.717) is 0 Å². The average Bonchev–Trinajstić information content (AvgIpc) is 2.96. The summed E-state index contributed by atoms with van der Waals surface area (Å²) in [6.07, 6.45) is 1.71. The molecule has 0 aliphatic heterocycles. The first kappa shape index (κ1) is 13.8. The third-order valence-electron chi connectivity index (χ3n) is 1.88. The second kappa shape index (κ2) is 5.38. The fraction of sp³-hybridized carbons (Fsp3) is 1.00. The molecule has 0 bridgehead atoms. The molecule has 0 atom stereocenters. The Balaban J connectivity index is 2.19. The summed E-state index contributed by atoms with van der Waals surface area (Å²) in [5.41, 5.74) is 0. The van der Waals surface area contributed by atoms with Crippen LogP contribution in [0.5, 0.6) is 0 Å². The normalized spacial score (nSPS) is 17.6. The van der Waals surface area contributed by atoms with Gasteiger partial charge in [-0.25, -0.2) is 14.2 Å². The Morgan fingerprint density at radius 2 is 1.50 bits per heavy atom. The fourth-order valence-corrected chi connectivity index (χ4v) is 2.55. The highest BCUT2D eigenvalue weighted by Crippen LogP contribution is 2.19. The van der Waals surface area contributed by atoms with E-state index in [1.807, 2.05) is 4.72 Å². The Kier molecular flexibility index (Phi) is 4.64. The SMILES string of the molecule is CNS(=O)(=O)NCCNS(=O)(=O)NC1CC1. The Bertz CT molecular complexity index is 414. The molecule has 0 saturated heterocycles. The van der Waals surface area contributed by atoms with Crippen LogP contribution in [0.3, 0.4) is 0 Å². The van der Waals surface area contributed by atoms with Gasteiger partial charge in [0.2, 0.25) is 0 Å². The third-order valence-corrected chi connectivity index (χ3v) is 4.23. The number of nitrogens with one attached hydrogen (secondary N) is 4. The molecule has 0 radical (unpaired) electrons. The molecule has 1 saturated carbocycles. The van der Waals surface area contributed by atoms with Crippen LogP contribution in [0.1, 0.15) is 12.8 Å². The van der Waals surface area contributed by atoms with Gasteiger partial charge in [-0.1, -0.05) is 0 Å². The highest BCUT2D eigenvalue weighted by atomic mass is 32.2. The van der Waals surface area contributed by atoms with Gasteiger partial charge in [-0.2, -0.15) is 21.6 Å². The molecule has 8 nitrogen and oxygen atoms in total. The van der Waals surface area contributed by atoms with Crippen LogP contribution in [0.25, 0.3) is 0 Å². The van der Waals surface area contributed by atoms with Crippen molar-refractivity contribution in [2.45, 2.75) is 18.9 Å². The Morgan fingerprint density at radius 1 is 1.00 bits per heavy atom. The van der Waals surface area contributed by atoms with Crippen molar-refractivity contribution in [3.63, 3.8) is 0 Å². The minimum Gasteiger partial charge on any atom is -0.205 e. The van der Waals surface area contributed by atoms with Crippen LogP contribution in [0.4, 0.5) is 0 Å². The highest BCUT2D eigenvalue weighted by Gasteiger charge is 2.26. The highest BCUT2D eigenvalue weighted by molar-refractivity contribution is 7.87. The molecule has 0 aromatic heterocycles. The van der Waals surface area contributed by atoms with Crippen molar-refractivity contribution in [1.82, 2.24) is 18.9 Å². The van der Waals surface area contributed by atoms with Gasteiger partial charge in [0.25, 0.3) is 20.4 Å². The maximum atomic E-state index is 11.3. The van der Waals surface area contributed by atoms with Crippen molar-refractivity contribution in [2.24, 2.45) is 0 Å². The van der Waals surface area contributed by atoms with Gasteiger partial charge in [0.1, 0.15) is 0 Å². The van der Waals surface area contributed by atoms with Gasteiger partial charge in [0.15, 0.2) is 0 Å². The van der Waals surface area contributed by atoms with Gasteiger partial charge in [0, 0.05) is 26.2 Å². The number of hydrogen-bond acceptors (Lipinski definition) is 4. The van der Waals surface area contributed by atoms with E-state index in [4.69, 9.17) is 0 Å². The van der Waals surface area contributed by atoms with Crippen LogP contribution in [0, 0.1) is 0 Å². The molecule has 0 aromatic carbocycles. The van der Waals surface area contributed by atoms with Gasteiger partial charge in [-0.15, -0.1) is 0 Å². The van der Waals surface area contributed by atoms with E-state index in [1.165, 1.54) is 7.05 Å². The van der Waals surface area contributed by atoms with Crippen molar-refractivity contribution >= 4 is 20.4 Å². The van der Waals surface area contributed by atoms with E-state index in [9.17, 15) is 16.8 Å². The third kappa shape index (κ3) is 5.72. The zero-order valence-electron chi connectivity index (χ0n) is 8.86. The van der Waals surface area contributed by atoms with Crippen LogP contribution >= 0.6 is 0 Å². The molecule has 1 aliphatic rings. The molecule has 1 aliphatic carbocycles. The molecule has 0 heterocycles. The molecule has 16 heavy (non-hydrogen) atoms. The molecule has 0 amide bonds. The zero-order chi connectivity index (χ0) is 12.2. The van der Waals surface area contributed by atoms with Crippen molar-refractivity contribution < 1.29 is 16.8 Å². The molecule has 4 N–H and O–H groups in total. The summed E-state index contributed by atoms with van der Waals surface area (Å²) in [7, 11) is -5.74. The minimum absolute atomic E-state index is 0.00294. The summed E-state index contributed by atoms with van der Waals surface area (Å²) in [5.74, 6) is 0. The zero-order valence-corrected chi connectivity index (χ0v) is 10.5. The maximum Gasteiger partial charge on any atom is 0.277 e. The Hall–Kier alpha value is -0.260.